The molecule has 34 heavy (non-hydrogen) atoms. The topological polar surface area (TPSA) is 60.0 Å². The van der Waals surface area contributed by atoms with Crippen LogP contribution in [0, 0.1) is 0 Å². The van der Waals surface area contributed by atoms with Crippen LogP contribution >= 0.6 is 0 Å². The molecule has 0 saturated carbocycles. The highest BCUT2D eigenvalue weighted by Crippen LogP contribution is 2.33. The van der Waals surface area contributed by atoms with E-state index in [0.717, 1.165) is 12.1 Å². The van der Waals surface area contributed by atoms with Crippen LogP contribution in [0.5, 0.6) is 0 Å². The highest BCUT2D eigenvalue weighted by Gasteiger charge is 2.38. The molecule has 6 nitrogen and oxygen atoms in total. The fourth-order valence-electron chi connectivity index (χ4n) is 3.30. The van der Waals surface area contributed by atoms with Crippen LogP contribution in [-0.4, -0.2) is 19.9 Å². The number of hydrogen-bond acceptors (Lipinski definition) is 5. The van der Waals surface area contributed by atoms with Gasteiger partial charge in [0.25, 0.3) is 0 Å². The minimum absolute atomic E-state index is 0.220. The Balaban J connectivity index is 1.59. The van der Waals surface area contributed by atoms with Gasteiger partial charge in [-0.2, -0.15) is 36.4 Å². The molecule has 4 aromatic rings. The van der Waals surface area contributed by atoms with Crippen molar-refractivity contribution in [2.75, 3.05) is 4.90 Å². The van der Waals surface area contributed by atoms with E-state index in [0.29, 0.717) is 22.5 Å². The van der Waals surface area contributed by atoms with Crippen molar-refractivity contribution in [2.45, 2.75) is 25.4 Å². The van der Waals surface area contributed by atoms with Crippen LogP contribution in [0.1, 0.15) is 22.7 Å². The molecule has 0 N–H and O–H groups in total. The maximum atomic E-state index is 13.2. The van der Waals surface area contributed by atoms with E-state index in [1.807, 2.05) is 0 Å². The summed E-state index contributed by atoms with van der Waals surface area (Å²) in [6, 6.07) is 13.0. The first kappa shape index (κ1) is 23.3. The molecule has 0 fully saturated rings. The lowest BCUT2D eigenvalue weighted by Gasteiger charge is -2.25. The SMILES string of the molecule is Cn1ccc(CN(Cc2ccc(-c3noc(C(F)(F)F)n3)cc2)c2cccc(C(F)(F)F)c2)n1. The zero-order valence-corrected chi connectivity index (χ0v) is 17.6. The predicted molar refractivity (Wildman–Crippen MR) is 109 cm³/mol. The third kappa shape index (κ3) is 5.38. The van der Waals surface area contributed by atoms with E-state index in [-0.39, 0.29) is 18.9 Å². The molecule has 0 bridgehead atoms. The molecule has 0 atom stereocenters. The van der Waals surface area contributed by atoms with Crippen LogP contribution in [0.15, 0.2) is 65.3 Å². The normalized spacial score (nSPS) is 12.2. The van der Waals surface area contributed by atoms with Gasteiger partial charge in [0.1, 0.15) is 0 Å². The molecule has 0 aliphatic carbocycles. The highest BCUT2D eigenvalue weighted by molar-refractivity contribution is 5.55. The molecule has 0 saturated heterocycles. The average molecular weight is 481 g/mol. The average Bonchev–Trinajstić information content (AvgIpc) is 3.43. The van der Waals surface area contributed by atoms with Gasteiger partial charge in [0.15, 0.2) is 0 Å². The minimum Gasteiger partial charge on any atom is -0.361 e. The quantitative estimate of drug-likeness (QED) is 0.330. The Morgan fingerprint density at radius 2 is 1.65 bits per heavy atom. The number of hydrogen-bond donors (Lipinski definition) is 0. The first-order chi connectivity index (χ1) is 16.0. The summed E-state index contributed by atoms with van der Waals surface area (Å²) in [6.45, 7) is 0.460. The molecule has 0 aliphatic rings. The molecule has 2 heterocycles. The van der Waals surface area contributed by atoms with Crippen molar-refractivity contribution in [3.05, 3.63) is 83.5 Å². The molecule has 2 aromatic heterocycles. The molecule has 2 aromatic carbocycles. The zero-order chi connectivity index (χ0) is 24.5. The number of rotatable bonds is 6. The molecule has 0 radical (unpaired) electrons. The van der Waals surface area contributed by atoms with Gasteiger partial charge in [0, 0.05) is 31.0 Å². The first-order valence-corrected chi connectivity index (χ1v) is 9.90. The Labute approximate surface area is 189 Å². The van der Waals surface area contributed by atoms with Crippen LogP contribution in [0.4, 0.5) is 32.0 Å². The molecule has 0 amide bonds. The van der Waals surface area contributed by atoms with Crippen molar-refractivity contribution < 1.29 is 30.9 Å². The van der Waals surface area contributed by atoms with E-state index in [1.165, 1.54) is 18.2 Å². The van der Waals surface area contributed by atoms with Gasteiger partial charge in [-0.15, -0.1) is 0 Å². The van der Waals surface area contributed by atoms with Crippen LogP contribution in [0.3, 0.4) is 0 Å². The largest absolute Gasteiger partial charge is 0.471 e. The van der Waals surface area contributed by atoms with Gasteiger partial charge in [-0.1, -0.05) is 35.5 Å². The lowest BCUT2D eigenvalue weighted by Crippen LogP contribution is -2.23. The predicted octanol–water partition coefficient (Wildman–Crippen LogP) is 5.71. The Bertz CT molecular complexity index is 1260. The summed E-state index contributed by atoms with van der Waals surface area (Å²) in [7, 11) is 1.74. The van der Waals surface area contributed by atoms with Gasteiger partial charge in [-0.05, 0) is 29.8 Å². The summed E-state index contributed by atoms with van der Waals surface area (Å²) < 4.78 is 83.6. The van der Waals surface area contributed by atoms with E-state index in [2.05, 4.69) is 19.8 Å². The summed E-state index contributed by atoms with van der Waals surface area (Å²) in [4.78, 5) is 5.08. The molecule has 0 spiro atoms. The number of nitrogens with zero attached hydrogens (tertiary/aromatic N) is 5. The molecule has 0 aliphatic heterocycles. The maximum absolute atomic E-state index is 13.2. The van der Waals surface area contributed by atoms with E-state index < -0.39 is 23.8 Å². The molecule has 4 rings (SSSR count). The standard InChI is InChI=1S/C22H17F6N5O/c1-32-10-9-17(30-32)13-33(18-4-2-3-16(11-18)21(23,24)25)12-14-5-7-15(8-6-14)19-29-20(34-31-19)22(26,27)28/h2-11H,12-13H2,1H3. The minimum atomic E-state index is -4.75. The van der Waals surface area contributed by atoms with Crippen molar-refractivity contribution in [3.63, 3.8) is 0 Å². The van der Waals surface area contributed by atoms with Crippen molar-refractivity contribution in [1.82, 2.24) is 19.9 Å². The summed E-state index contributed by atoms with van der Waals surface area (Å²) in [5.41, 5.74) is 1.24. The monoisotopic (exact) mass is 481 g/mol. The Kier molecular flexibility index (Phi) is 6.07. The molecular weight excluding hydrogens is 464 g/mol. The second kappa shape index (κ2) is 8.84. The lowest BCUT2D eigenvalue weighted by atomic mass is 10.1. The van der Waals surface area contributed by atoms with Crippen molar-refractivity contribution in [3.8, 4) is 11.4 Å². The van der Waals surface area contributed by atoms with Gasteiger partial charge in [-0.25, -0.2) is 0 Å². The van der Waals surface area contributed by atoms with E-state index in [4.69, 9.17) is 0 Å². The fourth-order valence-corrected chi connectivity index (χ4v) is 3.30. The first-order valence-electron chi connectivity index (χ1n) is 9.90. The third-order valence-electron chi connectivity index (χ3n) is 4.91. The molecule has 12 heteroatoms. The summed E-state index contributed by atoms with van der Waals surface area (Å²) in [5, 5.41) is 7.65. The molecular formula is C22H17F6N5O. The van der Waals surface area contributed by atoms with Crippen molar-refractivity contribution in [2.24, 2.45) is 7.05 Å². The summed E-state index contributed by atoms with van der Waals surface area (Å²) in [6.07, 6.45) is -7.51. The van der Waals surface area contributed by atoms with E-state index >= 15 is 0 Å². The number of alkyl halides is 6. The van der Waals surface area contributed by atoms with Gasteiger partial charge in [0.05, 0.1) is 17.8 Å². The second-order valence-corrected chi connectivity index (χ2v) is 7.50. The number of aromatic nitrogens is 4. The Morgan fingerprint density at radius 1 is 0.912 bits per heavy atom. The fraction of sp³-hybridized carbons (Fsp3) is 0.227. The maximum Gasteiger partial charge on any atom is 0.471 e. The summed E-state index contributed by atoms with van der Waals surface area (Å²) >= 11 is 0. The van der Waals surface area contributed by atoms with Gasteiger partial charge in [0.2, 0.25) is 5.82 Å². The number of halogens is 6. The van der Waals surface area contributed by atoms with Crippen molar-refractivity contribution >= 4 is 5.69 Å². The van der Waals surface area contributed by atoms with Crippen LogP contribution in [-0.2, 0) is 32.5 Å². The van der Waals surface area contributed by atoms with Gasteiger partial charge >= 0.3 is 18.2 Å². The number of benzene rings is 2. The number of aryl methyl sites for hydroxylation is 1. The van der Waals surface area contributed by atoms with Crippen LogP contribution in [0.2, 0.25) is 0 Å². The Morgan fingerprint density at radius 3 is 2.24 bits per heavy atom. The third-order valence-corrected chi connectivity index (χ3v) is 4.91. The lowest BCUT2D eigenvalue weighted by molar-refractivity contribution is -0.159. The van der Waals surface area contributed by atoms with Gasteiger partial charge < -0.3 is 9.42 Å². The Hall–Kier alpha value is -3.83. The zero-order valence-electron chi connectivity index (χ0n) is 17.6. The van der Waals surface area contributed by atoms with E-state index in [9.17, 15) is 26.3 Å². The van der Waals surface area contributed by atoms with E-state index in [1.54, 1.807) is 47.1 Å². The summed E-state index contributed by atoms with van der Waals surface area (Å²) in [5.74, 6) is -1.67. The molecule has 0 unspecified atom stereocenters. The molecule has 178 valence electrons. The highest BCUT2D eigenvalue weighted by atomic mass is 19.4. The van der Waals surface area contributed by atoms with Crippen LogP contribution in [0.25, 0.3) is 11.4 Å². The van der Waals surface area contributed by atoms with Gasteiger partial charge in [-0.3, -0.25) is 4.68 Å². The number of anilines is 1. The second-order valence-electron chi connectivity index (χ2n) is 7.50. The van der Waals surface area contributed by atoms with Crippen LogP contribution < -0.4 is 4.90 Å². The van der Waals surface area contributed by atoms with Crippen molar-refractivity contribution in [1.29, 1.82) is 0 Å². The smallest absolute Gasteiger partial charge is 0.361 e.